The summed E-state index contributed by atoms with van der Waals surface area (Å²) in [5.41, 5.74) is 3.05. The molecule has 1 heterocycles. The predicted octanol–water partition coefficient (Wildman–Crippen LogP) is 2.96. The zero-order chi connectivity index (χ0) is 15.6. The average molecular weight is 313 g/mol. The van der Waals surface area contributed by atoms with Gasteiger partial charge in [-0.25, -0.2) is 8.42 Å². The summed E-state index contributed by atoms with van der Waals surface area (Å²) in [7, 11) is -3.22. The van der Waals surface area contributed by atoms with Crippen LogP contribution in [0.2, 0.25) is 0 Å². The third-order valence-electron chi connectivity index (χ3n) is 3.81. The first kappa shape index (κ1) is 15.0. The van der Waals surface area contributed by atoms with Gasteiger partial charge in [0.05, 0.1) is 4.91 Å². The lowest BCUT2D eigenvalue weighted by atomic mass is 10.0. The van der Waals surface area contributed by atoms with Crippen molar-refractivity contribution in [2.75, 3.05) is 19.3 Å². The van der Waals surface area contributed by atoms with Gasteiger partial charge in [-0.05, 0) is 16.7 Å². The second-order valence-corrected chi connectivity index (χ2v) is 7.65. The van der Waals surface area contributed by atoms with E-state index in [4.69, 9.17) is 0 Å². The summed E-state index contributed by atoms with van der Waals surface area (Å²) < 4.78 is 24.3. The van der Waals surface area contributed by atoms with E-state index in [0.29, 0.717) is 18.0 Å². The van der Waals surface area contributed by atoms with Crippen molar-refractivity contribution in [2.24, 2.45) is 0 Å². The highest BCUT2D eigenvalue weighted by Crippen LogP contribution is 2.30. The topological polar surface area (TPSA) is 37.4 Å². The van der Waals surface area contributed by atoms with Gasteiger partial charge in [-0.15, -0.1) is 0 Å². The van der Waals surface area contributed by atoms with Crippen LogP contribution < -0.4 is 0 Å². The van der Waals surface area contributed by atoms with Gasteiger partial charge in [0.2, 0.25) is 0 Å². The Morgan fingerprint density at radius 1 is 0.955 bits per heavy atom. The number of sulfone groups is 1. The smallest absolute Gasteiger partial charge is 0.176 e. The Labute approximate surface area is 131 Å². The molecule has 114 valence electrons. The molecule has 3 rings (SSSR count). The summed E-state index contributed by atoms with van der Waals surface area (Å²) >= 11 is 0. The second-order valence-electron chi connectivity index (χ2n) is 5.70. The van der Waals surface area contributed by atoms with Crippen LogP contribution in [0.4, 0.5) is 0 Å². The van der Waals surface area contributed by atoms with Gasteiger partial charge < -0.3 is 0 Å². The summed E-state index contributed by atoms with van der Waals surface area (Å²) in [5, 5.41) is 0. The van der Waals surface area contributed by atoms with E-state index in [-0.39, 0.29) is 0 Å². The molecule has 22 heavy (non-hydrogen) atoms. The Morgan fingerprint density at radius 2 is 1.50 bits per heavy atom. The van der Waals surface area contributed by atoms with E-state index in [1.807, 2.05) is 48.5 Å². The first-order valence-corrected chi connectivity index (χ1v) is 9.17. The van der Waals surface area contributed by atoms with E-state index in [0.717, 1.165) is 17.7 Å². The molecule has 1 fully saturated rings. The van der Waals surface area contributed by atoms with Crippen molar-refractivity contribution in [3.63, 3.8) is 0 Å². The summed E-state index contributed by atoms with van der Waals surface area (Å²) in [4.78, 5) is 2.75. The molecule has 0 amide bonds. The normalized spacial score (nSPS) is 15.4. The van der Waals surface area contributed by atoms with Gasteiger partial charge in [0.15, 0.2) is 9.84 Å². The Morgan fingerprint density at radius 3 is 2.05 bits per heavy atom. The summed E-state index contributed by atoms with van der Waals surface area (Å²) in [5.74, 6) is 0. The van der Waals surface area contributed by atoms with E-state index < -0.39 is 9.84 Å². The van der Waals surface area contributed by atoms with Crippen LogP contribution in [0.15, 0.2) is 66.2 Å². The first-order valence-electron chi connectivity index (χ1n) is 7.28. The van der Waals surface area contributed by atoms with Crippen molar-refractivity contribution in [2.45, 2.75) is 6.54 Å². The molecule has 0 radical (unpaired) electrons. The van der Waals surface area contributed by atoms with Crippen molar-refractivity contribution in [1.29, 1.82) is 0 Å². The SMILES string of the molecule is CS(=O)(=O)C(=C1CN(Cc2ccccc2)C1)c1ccccc1. The van der Waals surface area contributed by atoms with Gasteiger partial charge in [-0.2, -0.15) is 0 Å². The molecule has 3 nitrogen and oxygen atoms in total. The van der Waals surface area contributed by atoms with E-state index in [9.17, 15) is 8.42 Å². The number of hydrogen-bond donors (Lipinski definition) is 0. The first-order chi connectivity index (χ1) is 10.5. The summed E-state index contributed by atoms with van der Waals surface area (Å²) in [6.07, 6.45) is 1.29. The third kappa shape index (κ3) is 3.29. The monoisotopic (exact) mass is 313 g/mol. The lowest BCUT2D eigenvalue weighted by Crippen LogP contribution is -2.40. The van der Waals surface area contributed by atoms with Gasteiger partial charge in [0, 0.05) is 25.9 Å². The molecule has 0 aliphatic carbocycles. The van der Waals surface area contributed by atoms with E-state index >= 15 is 0 Å². The van der Waals surface area contributed by atoms with Crippen molar-refractivity contribution < 1.29 is 8.42 Å². The third-order valence-corrected chi connectivity index (χ3v) is 5.07. The molecule has 0 N–H and O–H groups in total. The fourth-order valence-corrected chi connectivity index (χ4v) is 4.08. The maximum absolute atomic E-state index is 12.2. The second kappa shape index (κ2) is 6.07. The Balaban J connectivity index is 1.81. The van der Waals surface area contributed by atoms with Gasteiger partial charge in [-0.3, -0.25) is 4.90 Å². The minimum atomic E-state index is -3.22. The Kier molecular flexibility index (Phi) is 4.14. The molecule has 0 aromatic heterocycles. The van der Waals surface area contributed by atoms with E-state index in [1.54, 1.807) is 0 Å². The molecule has 0 unspecified atom stereocenters. The van der Waals surface area contributed by atoms with Crippen molar-refractivity contribution in [1.82, 2.24) is 4.90 Å². The molecule has 1 aliphatic rings. The summed E-state index contributed by atoms with van der Waals surface area (Å²) in [6, 6.07) is 19.6. The molecule has 0 saturated carbocycles. The number of hydrogen-bond acceptors (Lipinski definition) is 3. The highest BCUT2D eigenvalue weighted by Gasteiger charge is 2.28. The molecule has 4 heteroatoms. The van der Waals surface area contributed by atoms with Crippen LogP contribution in [0.5, 0.6) is 0 Å². The molecule has 2 aromatic rings. The standard InChI is InChI=1S/C18H19NO2S/c1-22(20,21)18(16-10-6-3-7-11-16)17-13-19(14-17)12-15-8-4-2-5-9-15/h2-11H,12-14H2,1H3. The van der Waals surface area contributed by atoms with Crippen LogP contribution in [0.25, 0.3) is 4.91 Å². The van der Waals surface area contributed by atoms with Gasteiger partial charge in [0.25, 0.3) is 0 Å². The molecule has 0 bridgehead atoms. The van der Waals surface area contributed by atoms with Crippen LogP contribution in [-0.4, -0.2) is 32.7 Å². The molecule has 0 spiro atoms. The van der Waals surface area contributed by atoms with Crippen LogP contribution in [0, 0.1) is 0 Å². The van der Waals surface area contributed by atoms with Crippen LogP contribution >= 0.6 is 0 Å². The maximum Gasteiger partial charge on any atom is 0.176 e. The van der Waals surface area contributed by atoms with E-state index in [2.05, 4.69) is 17.0 Å². The van der Waals surface area contributed by atoms with Crippen LogP contribution in [0.1, 0.15) is 11.1 Å². The van der Waals surface area contributed by atoms with Crippen molar-refractivity contribution in [3.05, 3.63) is 77.4 Å². The number of rotatable bonds is 4. The number of nitrogens with zero attached hydrogens (tertiary/aromatic N) is 1. The molecule has 1 saturated heterocycles. The predicted molar refractivity (Wildman–Crippen MR) is 89.9 cm³/mol. The van der Waals surface area contributed by atoms with E-state index in [1.165, 1.54) is 11.8 Å². The van der Waals surface area contributed by atoms with Crippen molar-refractivity contribution >= 4 is 14.7 Å². The minimum absolute atomic E-state index is 0.498. The molecule has 1 aliphatic heterocycles. The largest absolute Gasteiger partial charge is 0.291 e. The lowest BCUT2D eigenvalue weighted by Gasteiger charge is -2.35. The molecular weight excluding hydrogens is 294 g/mol. The van der Waals surface area contributed by atoms with Crippen molar-refractivity contribution in [3.8, 4) is 0 Å². The van der Waals surface area contributed by atoms with Crippen LogP contribution in [0.3, 0.4) is 0 Å². The fourth-order valence-electron chi connectivity index (χ4n) is 2.86. The quantitative estimate of drug-likeness (QED) is 0.871. The zero-order valence-corrected chi connectivity index (χ0v) is 13.4. The van der Waals surface area contributed by atoms with Gasteiger partial charge in [0.1, 0.15) is 0 Å². The molecule has 2 aromatic carbocycles. The van der Waals surface area contributed by atoms with Crippen LogP contribution in [-0.2, 0) is 16.4 Å². The fraction of sp³-hybridized carbons (Fsp3) is 0.222. The van der Waals surface area contributed by atoms with Gasteiger partial charge >= 0.3 is 0 Å². The zero-order valence-electron chi connectivity index (χ0n) is 12.6. The lowest BCUT2D eigenvalue weighted by molar-refractivity contribution is 0.243. The summed E-state index contributed by atoms with van der Waals surface area (Å²) in [6.45, 7) is 2.29. The highest BCUT2D eigenvalue weighted by atomic mass is 32.2. The Bertz CT molecular complexity index is 772. The molecular formula is C18H19NO2S. The average Bonchev–Trinajstić information content (AvgIpc) is 2.46. The maximum atomic E-state index is 12.2. The minimum Gasteiger partial charge on any atom is -0.291 e. The number of likely N-dealkylation sites (tertiary alicyclic amines) is 1. The molecule has 0 atom stereocenters. The Hall–Kier alpha value is -1.91. The number of benzene rings is 2. The van der Waals surface area contributed by atoms with Gasteiger partial charge in [-0.1, -0.05) is 60.7 Å². The highest BCUT2D eigenvalue weighted by molar-refractivity contribution is 8.00.